The van der Waals surface area contributed by atoms with Crippen LogP contribution in [0.5, 0.6) is 0 Å². The first kappa shape index (κ1) is 14.7. The highest BCUT2D eigenvalue weighted by atomic mass is 19.4. The summed E-state index contributed by atoms with van der Waals surface area (Å²) in [6.07, 6.45) is -2.74. The molecule has 0 aromatic heterocycles. The molecule has 6 heteroatoms. The number of benzene rings is 1. The molecule has 0 spiro atoms. The minimum absolute atomic E-state index is 0.315. The first-order valence-corrected chi connectivity index (χ1v) is 6.31. The van der Waals surface area contributed by atoms with Crippen LogP contribution in [-0.2, 0) is 10.9 Å². The number of ether oxygens (including phenoxy) is 1. The fourth-order valence-electron chi connectivity index (χ4n) is 2.34. The van der Waals surface area contributed by atoms with E-state index in [2.05, 4.69) is 5.32 Å². The molecule has 0 bridgehead atoms. The van der Waals surface area contributed by atoms with Gasteiger partial charge in [-0.1, -0.05) is 0 Å². The second-order valence-electron chi connectivity index (χ2n) is 5.21. The highest BCUT2D eigenvalue weighted by molar-refractivity contribution is 5.54. The zero-order chi connectivity index (χ0) is 14.8. The maximum Gasteiger partial charge on any atom is 0.417 e. The second kappa shape index (κ2) is 5.33. The van der Waals surface area contributed by atoms with Crippen LogP contribution >= 0.6 is 0 Å². The zero-order valence-electron chi connectivity index (χ0n) is 11.0. The topological polar surface area (TPSA) is 45.0 Å². The van der Waals surface area contributed by atoms with Gasteiger partial charge in [0, 0.05) is 12.3 Å². The molecule has 1 heterocycles. The van der Waals surface area contributed by atoms with Crippen molar-refractivity contribution in [1.82, 2.24) is 0 Å². The number of hydrogen-bond donors (Lipinski definition) is 1. The number of rotatable bonds is 2. The Morgan fingerprint density at radius 3 is 2.70 bits per heavy atom. The minimum Gasteiger partial charge on any atom is -0.379 e. The van der Waals surface area contributed by atoms with Gasteiger partial charge in [0.15, 0.2) is 0 Å². The Morgan fingerprint density at radius 1 is 1.40 bits per heavy atom. The average molecular weight is 284 g/mol. The Hall–Kier alpha value is -1.74. The molecule has 1 aliphatic rings. The van der Waals surface area contributed by atoms with Crippen LogP contribution in [0, 0.1) is 11.3 Å². The van der Waals surface area contributed by atoms with Gasteiger partial charge in [0.05, 0.1) is 29.3 Å². The first-order valence-electron chi connectivity index (χ1n) is 6.31. The molecule has 1 saturated heterocycles. The van der Waals surface area contributed by atoms with E-state index in [4.69, 9.17) is 10.00 Å². The number of alkyl halides is 3. The zero-order valence-corrected chi connectivity index (χ0v) is 11.0. The van der Waals surface area contributed by atoms with E-state index in [0.29, 0.717) is 18.9 Å². The molecule has 20 heavy (non-hydrogen) atoms. The summed E-state index contributed by atoms with van der Waals surface area (Å²) in [5.74, 6) is 0. The molecule has 108 valence electrons. The summed E-state index contributed by atoms with van der Waals surface area (Å²) >= 11 is 0. The summed E-state index contributed by atoms with van der Waals surface area (Å²) in [4.78, 5) is 0. The van der Waals surface area contributed by atoms with Gasteiger partial charge in [-0.05, 0) is 38.0 Å². The van der Waals surface area contributed by atoms with E-state index in [9.17, 15) is 13.2 Å². The summed E-state index contributed by atoms with van der Waals surface area (Å²) in [7, 11) is 0. The van der Waals surface area contributed by atoms with E-state index >= 15 is 0 Å². The van der Waals surface area contributed by atoms with Gasteiger partial charge in [0.2, 0.25) is 0 Å². The van der Waals surface area contributed by atoms with Crippen molar-refractivity contribution in [3.05, 3.63) is 29.3 Å². The summed E-state index contributed by atoms with van der Waals surface area (Å²) in [6, 6.07) is 5.13. The number of nitrogens with one attached hydrogen (secondary N) is 1. The fourth-order valence-corrected chi connectivity index (χ4v) is 2.34. The van der Waals surface area contributed by atoms with Crippen LogP contribution in [0.15, 0.2) is 18.2 Å². The molecule has 2 rings (SSSR count). The summed E-state index contributed by atoms with van der Waals surface area (Å²) < 4.78 is 43.5. The van der Waals surface area contributed by atoms with Gasteiger partial charge in [-0.2, -0.15) is 18.4 Å². The molecule has 0 radical (unpaired) electrons. The van der Waals surface area contributed by atoms with E-state index in [-0.39, 0.29) is 11.1 Å². The minimum atomic E-state index is -4.51. The largest absolute Gasteiger partial charge is 0.417 e. The molecular weight excluding hydrogens is 269 g/mol. The maximum absolute atomic E-state index is 12.7. The predicted octanol–water partition coefficient (Wildman–Crippen LogP) is 3.56. The van der Waals surface area contributed by atoms with Crippen LogP contribution in [0.4, 0.5) is 18.9 Å². The smallest absolute Gasteiger partial charge is 0.379 e. The SMILES string of the molecule is CC1(Nc2ccc(C(F)(F)F)c(C#N)c2)CCCOC1. The number of anilines is 1. The molecule has 1 aromatic carbocycles. The van der Waals surface area contributed by atoms with Gasteiger partial charge in [-0.15, -0.1) is 0 Å². The molecule has 3 nitrogen and oxygen atoms in total. The third-order valence-corrected chi connectivity index (χ3v) is 3.33. The Bertz CT molecular complexity index is 528. The van der Waals surface area contributed by atoms with Gasteiger partial charge < -0.3 is 10.1 Å². The van der Waals surface area contributed by atoms with E-state index in [0.717, 1.165) is 18.9 Å². The summed E-state index contributed by atoms with van der Waals surface area (Å²) in [6.45, 7) is 3.15. The molecule has 0 amide bonds. The number of nitrogens with zero attached hydrogens (tertiary/aromatic N) is 1. The van der Waals surface area contributed by atoms with Crippen LogP contribution in [0.25, 0.3) is 0 Å². The lowest BCUT2D eigenvalue weighted by Crippen LogP contribution is -2.43. The van der Waals surface area contributed by atoms with Crippen molar-refractivity contribution in [3.8, 4) is 6.07 Å². The molecule has 1 unspecified atom stereocenters. The molecule has 0 saturated carbocycles. The van der Waals surface area contributed by atoms with Crippen molar-refractivity contribution in [1.29, 1.82) is 5.26 Å². The number of halogens is 3. The normalized spacial score (nSPS) is 23.1. The standard InChI is InChI=1S/C14H15F3N2O/c1-13(5-2-6-20-9-13)19-11-3-4-12(14(15,16)17)10(7-11)8-18/h3-4,7,19H,2,5-6,9H2,1H3. The van der Waals surface area contributed by atoms with Crippen molar-refractivity contribution >= 4 is 5.69 Å². The number of nitriles is 1. The van der Waals surface area contributed by atoms with E-state index in [1.54, 1.807) is 6.07 Å². The lowest BCUT2D eigenvalue weighted by Gasteiger charge is -2.35. The lowest BCUT2D eigenvalue weighted by atomic mass is 9.94. The van der Waals surface area contributed by atoms with E-state index in [1.807, 2.05) is 6.92 Å². The van der Waals surface area contributed by atoms with Crippen molar-refractivity contribution < 1.29 is 17.9 Å². The third-order valence-electron chi connectivity index (χ3n) is 3.33. The van der Waals surface area contributed by atoms with Crippen LogP contribution in [0.2, 0.25) is 0 Å². The Kier molecular flexibility index (Phi) is 3.91. The summed E-state index contributed by atoms with van der Waals surface area (Å²) in [5, 5.41) is 12.0. The molecule has 1 aromatic rings. The molecule has 1 N–H and O–H groups in total. The van der Waals surface area contributed by atoms with Crippen molar-refractivity contribution in [2.24, 2.45) is 0 Å². The second-order valence-corrected chi connectivity index (χ2v) is 5.21. The van der Waals surface area contributed by atoms with Crippen molar-refractivity contribution in [2.45, 2.75) is 31.5 Å². The average Bonchev–Trinajstić information content (AvgIpc) is 2.37. The van der Waals surface area contributed by atoms with E-state index in [1.165, 1.54) is 12.1 Å². The monoisotopic (exact) mass is 284 g/mol. The van der Waals surface area contributed by atoms with Crippen LogP contribution in [-0.4, -0.2) is 18.8 Å². The summed E-state index contributed by atoms with van der Waals surface area (Å²) in [5.41, 5.74) is -1.09. The van der Waals surface area contributed by atoms with Crippen molar-refractivity contribution in [3.63, 3.8) is 0 Å². The van der Waals surface area contributed by atoms with Gasteiger partial charge in [-0.3, -0.25) is 0 Å². The van der Waals surface area contributed by atoms with E-state index < -0.39 is 11.7 Å². The molecule has 1 fully saturated rings. The first-order chi connectivity index (χ1) is 9.34. The Morgan fingerprint density at radius 2 is 2.15 bits per heavy atom. The van der Waals surface area contributed by atoms with Gasteiger partial charge >= 0.3 is 6.18 Å². The fraction of sp³-hybridized carbons (Fsp3) is 0.500. The maximum atomic E-state index is 12.7. The van der Waals surface area contributed by atoms with Gasteiger partial charge in [0.25, 0.3) is 0 Å². The Labute approximate surface area is 115 Å². The van der Waals surface area contributed by atoms with Crippen LogP contribution in [0.3, 0.4) is 0 Å². The van der Waals surface area contributed by atoms with Gasteiger partial charge in [0.1, 0.15) is 0 Å². The molecule has 1 atom stereocenters. The predicted molar refractivity (Wildman–Crippen MR) is 68.2 cm³/mol. The van der Waals surface area contributed by atoms with Gasteiger partial charge in [-0.25, -0.2) is 0 Å². The highest BCUT2D eigenvalue weighted by Gasteiger charge is 2.34. The lowest BCUT2D eigenvalue weighted by molar-refractivity contribution is -0.137. The Balaban J connectivity index is 2.24. The highest BCUT2D eigenvalue weighted by Crippen LogP contribution is 2.34. The quantitative estimate of drug-likeness (QED) is 0.903. The van der Waals surface area contributed by atoms with Crippen LogP contribution < -0.4 is 5.32 Å². The molecule has 0 aliphatic carbocycles. The van der Waals surface area contributed by atoms with Crippen LogP contribution in [0.1, 0.15) is 30.9 Å². The molecular formula is C14H15F3N2O. The third kappa shape index (κ3) is 3.23. The van der Waals surface area contributed by atoms with Crippen molar-refractivity contribution in [2.75, 3.05) is 18.5 Å². The molecule has 1 aliphatic heterocycles. The number of hydrogen-bond acceptors (Lipinski definition) is 3.